The number of ether oxygens (including phenoxy) is 1. The summed E-state index contributed by atoms with van der Waals surface area (Å²) in [6, 6.07) is 29.1. The second-order valence-corrected chi connectivity index (χ2v) is 14.3. The predicted molar refractivity (Wildman–Crippen MR) is 204 cm³/mol. The largest absolute Gasteiger partial charge is 0.508 e. The van der Waals surface area contributed by atoms with Crippen LogP contribution in [0.2, 0.25) is 0 Å². The van der Waals surface area contributed by atoms with Gasteiger partial charge in [-0.3, -0.25) is 29.8 Å². The first-order chi connectivity index (χ1) is 28.4. The maximum absolute atomic E-state index is 13.7. The van der Waals surface area contributed by atoms with Crippen LogP contribution in [0.1, 0.15) is 48.5 Å². The lowest BCUT2D eigenvalue weighted by Crippen LogP contribution is -2.52. The Labute approximate surface area is 334 Å². The summed E-state index contributed by atoms with van der Waals surface area (Å²) in [5, 5.41) is 19.9. The van der Waals surface area contributed by atoms with Crippen LogP contribution in [0.5, 0.6) is 11.5 Å². The predicted octanol–water partition coefficient (Wildman–Crippen LogP) is 4.32. The summed E-state index contributed by atoms with van der Waals surface area (Å²) >= 11 is 0. The van der Waals surface area contributed by atoms with Gasteiger partial charge in [-0.15, -0.1) is 0 Å². The van der Waals surface area contributed by atoms with Crippen molar-refractivity contribution in [2.24, 2.45) is 0 Å². The maximum atomic E-state index is 13.7. The number of hydrogen-bond donors (Lipinski definition) is 5. The minimum Gasteiger partial charge on any atom is -0.508 e. The van der Waals surface area contributed by atoms with Crippen molar-refractivity contribution in [2.45, 2.75) is 30.8 Å². The zero-order valence-electron chi connectivity index (χ0n) is 31.0. The molecule has 14 nitrogen and oxygen atoms in total. The molecular formula is C43H34F2N6O8. The molecule has 8 amide bonds. The van der Waals surface area contributed by atoms with Gasteiger partial charge in [-0.05, 0) is 53.1 Å². The molecular weight excluding hydrogens is 767 g/mol. The van der Waals surface area contributed by atoms with E-state index in [4.69, 9.17) is 4.74 Å². The minimum absolute atomic E-state index is 0.134. The summed E-state index contributed by atoms with van der Waals surface area (Å²) in [5.74, 6) is -2.90. The van der Waals surface area contributed by atoms with Gasteiger partial charge in [-0.1, -0.05) is 78.9 Å². The van der Waals surface area contributed by atoms with Gasteiger partial charge in [0.2, 0.25) is 0 Å². The van der Waals surface area contributed by atoms with Crippen LogP contribution in [-0.4, -0.2) is 63.7 Å². The number of phenolic OH excluding ortho intramolecular Hbond substituents is 1. The monoisotopic (exact) mass is 800 g/mol. The van der Waals surface area contributed by atoms with Gasteiger partial charge < -0.3 is 30.3 Å². The standard InChI is InChI=1S/C25H20FN3O4.C18H14FN3O4/c26-18-11-10-17-13-29(22(30)19(17)12-18)15-25(23(31)27-24(32)28-25)20-8-4-5-9-21(20)33-14-16-6-2-1-3-7-16;19-11-6-5-10-8-22(15(24)12(10)7-11)9-18(16(25)20-17(26)21-18)13-3-1-2-4-14(13)23/h1-12H,13-15H2,(H2,27,28,31,32);1-7,23H,8-9H2,(H2,20,21,25,26). The Hall–Kier alpha value is -7.62. The number of para-hydroxylation sites is 2. The van der Waals surface area contributed by atoms with Gasteiger partial charge in [0.1, 0.15) is 29.7 Å². The molecule has 2 saturated heterocycles. The first-order valence-electron chi connectivity index (χ1n) is 18.3. The number of benzene rings is 5. The number of nitrogens with one attached hydrogen (secondary N) is 4. The molecule has 5 N–H and O–H groups in total. The van der Waals surface area contributed by atoms with Gasteiger partial charge in [0, 0.05) is 35.3 Å². The second kappa shape index (κ2) is 15.0. The molecule has 298 valence electrons. The molecule has 16 heteroatoms. The molecule has 4 aliphatic heterocycles. The van der Waals surface area contributed by atoms with Gasteiger partial charge in [0.15, 0.2) is 11.1 Å². The van der Waals surface area contributed by atoms with E-state index in [1.54, 1.807) is 42.5 Å². The van der Waals surface area contributed by atoms with Gasteiger partial charge in [-0.25, -0.2) is 18.4 Å². The molecule has 0 radical (unpaired) electrons. The van der Waals surface area contributed by atoms with E-state index in [1.807, 2.05) is 30.3 Å². The van der Waals surface area contributed by atoms with E-state index in [0.717, 1.165) is 11.6 Å². The highest BCUT2D eigenvalue weighted by atomic mass is 19.1. The average molecular weight is 801 g/mol. The molecule has 5 aromatic rings. The van der Waals surface area contributed by atoms with Crippen LogP contribution < -0.4 is 26.0 Å². The van der Waals surface area contributed by atoms with E-state index in [2.05, 4.69) is 21.3 Å². The Kier molecular flexibility index (Phi) is 9.75. The summed E-state index contributed by atoms with van der Waals surface area (Å²) < 4.78 is 33.2. The Morgan fingerprint density at radius 2 is 1.07 bits per heavy atom. The van der Waals surface area contributed by atoms with Gasteiger partial charge in [0.05, 0.1) is 13.1 Å². The lowest BCUT2D eigenvalue weighted by Gasteiger charge is -2.32. The molecule has 2 unspecified atom stereocenters. The number of rotatable bonds is 9. The quantitative estimate of drug-likeness (QED) is 0.137. The fourth-order valence-corrected chi connectivity index (χ4v) is 7.77. The molecule has 0 bridgehead atoms. The van der Waals surface area contributed by atoms with E-state index in [9.17, 15) is 42.7 Å². The van der Waals surface area contributed by atoms with Gasteiger partial charge in [-0.2, -0.15) is 0 Å². The van der Waals surface area contributed by atoms with Crippen LogP contribution in [0.4, 0.5) is 18.4 Å². The Balaban J connectivity index is 0.000000169. The molecule has 5 aromatic carbocycles. The molecule has 2 fully saturated rings. The third kappa shape index (κ3) is 7.04. The fraction of sp³-hybridized carbons (Fsp3) is 0.163. The highest BCUT2D eigenvalue weighted by Crippen LogP contribution is 2.37. The number of imide groups is 2. The number of amides is 8. The number of halogens is 2. The molecule has 9 rings (SSSR count). The lowest BCUT2D eigenvalue weighted by molar-refractivity contribution is -0.125. The number of hydrogen-bond acceptors (Lipinski definition) is 8. The van der Waals surface area contributed by atoms with Gasteiger partial charge >= 0.3 is 12.1 Å². The van der Waals surface area contributed by atoms with E-state index in [1.165, 1.54) is 46.2 Å². The summed E-state index contributed by atoms with van der Waals surface area (Å²) in [5.41, 5.74) is 0.138. The zero-order valence-corrected chi connectivity index (χ0v) is 31.0. The molecule has 59 heavy (non-hydrogen) atoms. The third-order valence-corrected chi connectivity index (χ3v) is 10.6. The normalized spacial score (nSPS) is 20.3. The van der Waals surface area contributed by atoms with Crippen LogP contribution in [-0.2, 0) is 40.4 Å². The van der Waals surface area contributed by atoms with Crippen LogP contribution in [0.15, 0.2) is 115 Å². The Morgan fingerprint density at radius 3 is 1.58 bits per heavy atom. The summed E-state index contributed by atoms with van der Waals surface area (Å²) in [7, 11) is 0. The SMILES string of the molecule is O=C1NC(=O)C(CN2Cc3ccc(F)cc3C2=O)(c2ccccc2O)N1.O=C1NC(=O)C(CN2Cc3ccc(F)cc3C2=O)(c2ccccc2OCc2ccccc2)N1. The highest BCUT2D eigenvalue weighted by Gasteiger charge is 2.53. The van der Waals surface area contributed by atoms with E-state index in [-0.39, 0.29) is 55.2 Å². The van der Waals surface area contributed by atoms with Crippen LogP contribution in [0.25, 0.3) is 0 Å². The van der Waals surface area contributed by atoms with Crippen molar-refractivity contribution < 1.29 is 47.4 Å². The molecule has 0 spiro atoms. The molecule has 4 heterocycles. The van der Waals surface area contributed by atoms with Crippen molar-refractivity contribution in [3.63, 3.8) is 0 Å². The van der Waals surface area contributed by atoms with E-state index >= 15 is 0 Å². The van der Waals surface area contributed by atoms with Crippen LogP contribution in [0, 0.1) is 11.6 Å². The van der Waals surface area contributed by atoms with E-state index in [0.29, 0.717) is 22.4 Å². The molecule has 0 saturated carbocycles. The highest BCUT2D eigenvalue weighted by molar-refractivity contribution is 6.09. The first-order valence-corrected chi connectivity index (χ1v) is 18.3. The smallest absolute Gasteiger partial charge is 0.322 e. The summed E-state index contributed by atoms with van der Waals surface area (Å²) in [6.45, 7) is 0.304. The number of phenols is 1. The summed E-state index contributed by atoms with van der Waals surface area (Å²) in [4.78, 5) is 78.1. The molecule has 2 atom stereocenters. The number of carbonyl (C=O) groups is 6. The number of urea groups is 2. The third-order valence-electron chi connectivity index (χ3n) is 10.6. The van der Waals surface area contributed by atoms with Gasteiger partial charge in [0.25, 0.3) is 23.6 Å². The van der Waals surface area contributed by atoms with Crippen molar-refractivity contribution in [3.05, 3.63) is 166 Å². The van der Waals surface area contributed by atoms with Crippen molar-refractivity contribution in [1.82, 2.24) is 31.1 Å². The molecule has 4 aliphatic rings. The Morgan fingerprint density at radius 1 is 0.593 bits per heavy atom. The Bertz CT molecular complexity index is 2570. The van der Waals surface area contributed by atoms with Crippen LogP contribution >= 0.6 is 0 Å². The van der Waals surface area contributed by atoms with Crippen molar-refractivity contribution in [3.8, 4) is 11.5 Å². The van der Waals surface area contributed by atoms with Crippen LogP contribution in [0.3, 0.4) is 0 Å². The number of aromatic hydroxyl groups is 1. The average Bonchev–Trinajstić information content (AvgIpc) is 3.90. The van der Waals surface area contributed by atoms with Crippen molar-refractivity contribution >= 4 is 35.7 Å². The lowest BCUT2D eigenvalue weighted by atomic mass is 9.88. The second-order valence-electron chi connectivity index (χ2n) is 14.3. The number of nitrogens with zero attached hydrogens (tertiary/aromatic N) is 2. The maximum Gasteiger partial charge on any atom is 0.322 e. The zero-order chi connectivity index (χ0) is 41.5. The van der Waals surface area contributed by atoms with Crippen molar-refractivity contribution in [1.29, 1.82) is 0 Å². The molecule has 0 aliphatic carbocycles. The first kappa shape index (κ1) is 38.3. The topological polar surface area (TPSA) is 186 Å². The summed E-state index contributed by atoms with van der Waals surface area (Å²) in [6.07, 6.45) is 0. The van der Waals surface area contributed by atoms with Crippen molar-refractivity contribution in [2.75, 3.05) is 13.1 Å². The number of fused-ring (bicyclic) bond motifs is 2. The fourth-order valence-electron chi connectivity index (χ4n) is 7.77. The van der Waals surface area contributed by atoms with E-state index < -0.39 is 58.4 Å². The molecule has 0 aromatic heterocycles. The number of carbonyl (C=O) groups excluding carboxylic acids is 6. The minimum atomic E-state index is -1.63.